The van der Waals surface area contributed by atoms with Crippen LogP contribution >= 0.6 is 58.6 Å². The molecule has 4 atom stereocenters. The van der Waals surface area contributed by atoms with Gasteiger partial charge in [-0.3, -0.25) is 5.01 Å². The zero-order valence-corrected chi connectivity index (χ0v) is 15.9. The first-order chi connectivity index (χ1) is 10.8. The number of nitrogens with zero attached hydrogens (tertiary/aromatic N) is 3. The van der Waals surface area contributed by atoms with Crippen molar-refractivity contribution in [1.82, 2.24) is 10.4 Å². The van der Waals surface area contributed by atoms with Crippen LogP contribution in [-0.4, -0.2) is 38.3 Å². The lowest BCUT2D eigenvalue weighted by molar-refractivity contribution is 0.294. The van der Waals surface area contributed by atoms with Crippen molar-refractivity contribution in [3.05, 3.63) is 42.5 Å². The van der Waals surface area contributed by atoms with Crippen molar-refractivity contribution < 1.29 is 0 Å². The summed E-state index contributed by atoms with van der Waals surface area (Å²) in [6.45, 7) is 0. The predicted molar refractivity (Wildman–Crippen MR) is 101 cm³/mol. The first-order valence-corrected chi connectivity index (χ1v) is 8.76. The van der Waals surface area contributed by atoms with E-state index in [-0.39, 0.29) is 10.5 Å². The minimum absolute atomic E-state index is 0.199. The average molecular weight is 412 g/mol. The lowest BCUT2D eigenvalue weighted by Crippen LogP contribution is -2.59. The Kier molecular flexibility index (Phi) is 6.66. The number of hydrogen-bond acceptors (Lipinski definition) is 3. The summed E-state index contributed by atoms with van der Waals surface area (Å²) in [7, 11) is 1.67. The molecule has 0 spiro atoms. The Morgan fingerprint density at radius 2 is 1.91 bits per heavy atom. The van der Waals surface area contributed by atoms with E-state index in [9.17, 15) is 0 Å². The second-order valence-electron chi connectivity index (χ2n) is 4.91. The molecule has 4 nitrogen and oxygen atoms in total. The highest BCUT2D eigenvalue weighted by atomic mass is 35.5. The minimum atomic E-state index is -1.12. The Balaban J connectivity index is 2.03. The number of alkyl halides is 4. The van der Waals surface area contributed by atoms with E-state index >= 15 is 0 Å². The minimum Gasteiger partial charge on any atom is -0.283 e. The van der Waals surface area contributed by atoms with E-state index in [1.807, 2.05) is 30.3 Å². The predicted octanol–water partition coefficient (Wildman–Crippen LogP) is 4.82. The molecule has 1 aromatic rings. The fraction of sp³-hybridized carbons (Fsp3) is 0.357. The number of thiocarbonyl (C=S) groups is 1. The Morgan fingerprint density at radius 3 is 2.57 bits per heavy atom. The number of hydrogen-bond donors (Lipinski definition) is 1. The van der Waals surface area contributed by atoms with Crippen LogP contribution in [0.4, 0.5) is 5.69 Å². The molecule has 0 amide bonds. The first-order valence-electron chi connectivity index (χ1n) is 6.66. The summed E-state index contributed by atoms with van der Waals surface area (Å²) < 4.78 is 0. The van der Waals surface area contributed by atoms with Gasteiger partial charge in [-0.05, 0) is 30.4 Å². The van der Waals surface area contributed by atoms with Crippen molar-refractivity contribution in [3.63, 3.8) is 0 Å². The van der Waals surface area contributed by atoms with E-state index in [4.69, 9.17) is 58.6 Å². The van der Waals surface area contributed by atoms with E-state index in [1.165, 1.54) is 5.01 Å². The third kappa shape index (κ3) is 4.78. The summed E-state index contributed by atoms with van der Waals surface area (Å²) in [5.74, 6) is 0. The lowest BCUT2D eigenvalue weighted by Gasteiger charge is -2.39. The van der Waals surface area contributed by atoms with Crippen LogP contribution in [0.3, 0.4) is 0 Å². The van der Waals surface area contributed by atoms with Crippen LogP contribution in [0.15, 0.2) is 52.7 Å². The van der Waals surface area contributed by atoms with Crippen LogP contribution in [0.25, 0.3) is 0 Å². The van der Waals surface area contributed by atoms with Crippen LogP contribution in [0.2, 0.25) is 0 Å². The zero-order chi connectivity index (χ0) is 17.0. The number of rotatable bonds is 3. The van der Waals surface area contributed by atoms with Gasteiger partial charge in [0, 0.05) is 7.05 Å². The molecular formula is C14H14Cl4N4S. The maximum absolute atomic E-state index is 6.50. The van der Waals surface area contributed by atoms with Gasteiger partial charge in [0.05, 0.1) is 21.8 Å². The van der Waals surface area contributed by atoms with Gasteiger partial charge in [0.1, 0.15) is 5.00 Å². The number of nitrogens with one attached hydrogen (secondary N) is 1. The highest BCUT2D eigenvalue weighted by molar-refractivity contribution is 7.80. The molecular weight excluding hydrogens is 398 g/mol. The molecule has 9 heteroatoms. The molecule has 0 fully saturated rings. The van der Waals surface area contributed by atoms with Crippen molar-refractivity contribution in [1.29, 1.82) is 0 Å². The molecule has 1 aliphatic carbocycles. The Hall–Kier alpha value is -0.430. The molecule has 0 aliphatic heterocycles. The summed E-state index contributed by atoms with van der Waals surface area (Å²) in [5.41, 5.74) is 3.67. The highest BCUT2D eigenvalue weighted by Crippen LogP contribution is 2.36. The van der Waals surface area contributed by atoms with Crippen molar-refractivity contribution in [2.24, 2.45) is 10.2 Å². The van der Waals surface area contributed by atoms with Gasteiger partial charge in [-0.2, -0.15) is 0 Å². The second kappa shape index (κ2) is 8.10. The number of halogens is 4. The smallest absolute Gasteiger partial charge is 0.230 e. The van der Waals surface area contributed by atoms with Gasteiger partial charge in [-0.25, -0.2) is 5.43 Å². The monoisotopic (exact) mass is 410 g/mol. The quantitative estimate of drug-likeness (QED) is 0.193. The number of azo groups is 1. The molecule has 0 saturated carbocycles. The van der Waals surface area contributed by atoms with Gasteiger partial charge in [0.2, 0.25) is 5.11 Å². The molecule has 0 bridgehead atoms. The SMILES string of the molecule is CN(NC1(Cl)C=CC(Cl)C(Cl)C1Cl)C(=S)N=Nc1ccccc1. The van der Waals surface area contributed by atoms with Gasteiger partial charge in [-0.15, -0.1) is 45.0 Å². The van der Waals surface area contributed by atoms with Gasteiger partial charge in [0.15, 0.2) is 0 Å². The first kappa shape index (κ1) is 18.9. The summed E-state index contributed by atoms with van der Waals surface area (Å²) in [4.78, 5) is -1.12. The Morgan fingerprint density at radius 1 is 1.26 bits per heavy atom. The van der Waals surface area contributed by atoms with Crippen LogP contribution in [0.1, 0.15) is 0 Å². The molecule has 1 aliphatic rings. The van der Waals surface area contributed by atoms with Crippen molar-refractivity contribution >= 4 is 69.4 Å². The second-order valence-corrected chi connectivity index (χ2v) is 7.38. The highest BCUT2D eigenvalue weighted by Gasteiger charge is 2.44. The Bertz CT molecular complexity index is 612. The summed E-state index contributed by atoms with van der Waals surface area (Å²) >= 11 is 30.2. The molecule has 0 aromatic heterocycles. The van der Waals surface area contributed by atoms with Crippen LogP contribution in [0, 0.1) is 0 Å². The Labute approximate surface area is 160 Å². The normalized spacial score (nSPS) is 30.6. The average Bonchev–Trinajstić information content (AvgIpc) is 2.55. The van der Waals surface area contributed by atoms with Gasteiger partial charge >= 0.3 is 0 Å². The van der Waals surface area contributed by atoms with E-state index in [0.29, 0.717) is 5.69 Å². The molecule has 124 valence electrons. The third-order valence-corrected chi connectivity index (χ3v) is 5.87. The summed E-state index contributed by atoms with van der Waals surface area (Å²) in [5, 5.41) is 8.14. The number of benzene rings is 1. The van der Waals surface area contributed by atoms with E-state index < -0.39 is 15.8 Å². The molecule has 0 saturated heterocycles. The maximum atomic E-state index is 6.50. The largest absolute Gasteiger partial charge is 0.283 e. The van der Waals surface area contributed by atoms with Gasteiger partial charge < -0.3 is 0 Å². The molecule has 23 heavy (non-hydrogen) atoms. The van der Waals surface area contributed by atoms with Crippen molar-refractivity contribution in [2.45, 2.75) is 21.1 Å². The summed E-state index contributed by atoms with van der Waals surface area (Å²) in [6.07, 6.45) is 3.36. The van der Waals surface area contributed by atoms with E-state index in [0.717, 1.165) is 0 Å². The zero-order valence-electron chi connectivity index (χ0n) is 12.0. The van der Waals surface area contributed by atoms with E-state index in [2.05, 4.69) is 15.7 Å². The molecule has 1 N–H and O–H groups in total. The fourth-order valence-electron chi connectivity index (χ4n) is 1.89. The molecule has 2 rings (SSSR count). The molecule has 4 unspecified atom stereocenters. The lowest BCUT2D eigenvalue weighted by atomic mass is 10.0. The topological polar surface area (TPSA) is 40.0 Å². The maximum Gasteiger partial charge on any atom is 0.230 e. The van der Waals surface area contributed by atoms with Gasteiger partial charge in [0.25, 0.3) is 0 Å². The standard InChI is InChI=1S/C14H14Cl4N4S/c1-22(13(23)20-19-9-5-3-2-4-6-9)21-14(18)8-7-10(15)11(16)12(14)17/h2-8,10-12,21H,1H3. The molecule has 0 heterocycles. The molecule has 0 radical (unpaired) electrons. The van der Waals surface area contributed by atoms with Crippen LogP contribution in [0.5, 0.6) is 0 Å². The number of allylic oxidation sites excluding steroid dienone is 1. The van der Waals surface area contributed by atoms with Crippen LogP contribution in [-0.2, 0) is 0 Å². The third-order valence-electron chi connectivity index (χ3n) is 3.14. The fourth-order valence-corrected chi connectivity index (χ4v) is 3.23. The van der Waals surface area contributed by atoms with E-state index in [1.54, 1.807) is 19.2 Å². The molecule has 1 aromatic carbocycles. The number of hydrazine groups is 1. The van der Waals surface area contributed by atoms with Crippen LogP contribution < -0.4 is 5.43 Å². The van der Waals surface area contributed by atoms with Gasteiger partial charge in [-0.1, -0.05) is 35.9 Å². The summed E-state index contributed by atoms with van der Waals surface area (Å²) in [6, 6.07) is 9.26. The van der Waals surface area contributed by atoms with Crippen molar-refractivity contribution in [2.75, 3.05) is 7.05 Å². The van der Waals surface area contributed by atoms with Crippen molar-refractivity contribution in [3.8, 4) is 0 Å².